The summed E-state index contributed by atoms with van der Waals surface area (Å²) in [7, 11) is 0. The number of nitrogens with two attached hydrogens (primary N) is 1. The van der Waals surface area contributed by atoms with Crippen molar-refractivity contribution in [3.8, 4) is 11.3 Å². The van der Waals surface area contributed by atoms with Crippen LogP contribution >= 0.6 is 0 Å². The minimum Gasteiger partial charge on any atom is -0.334 e. The Balaban J connectivity index is 1.95. The molecular weight excluding hydrogens is 303 g/mol. The van der Waals surface area contributed by atoms with Gasteiger partial charge in [-0.25, -0.2) is 4.98 Å². The number of nitrogens with zero attached hydrogens (tertiary/aromatic N) is 2. The molecule has 0 radical (unpaired) electrons. The number of imidazole rings is 1. The normalized spacial score (nSPS) is 21.3. The summed E-state index contributed by atoms with van der Waals surface area (Å²) in [6.45, 7) is 4.06. The monoisotopic (exact) mass is 323 g/mol. The van der Waals surface area contributed by atoms with Crippen molar-refractivity contribution in [1.29, 1.82) is 0 Å². The van der Waals surface area contributed by atoms with Gasteiger partial charge in [0.05, 0.1) is 11.1 Å². The first-order valence-corrected chi connectivity index (χ1v) is 7.66. The zero-order valence-electron chi connectivity index (χ0n) is 13.2. The Bertz CT molecular complexity index is 733. The minimum absolute atomic E-state index is 0.0730. The first kappa shape index (κ1) is 16.1. The Labute approximate surface area is 133 Å². The van der Waals surface area contributed by atoms with Gasteiger partial charge in [-0.05, 0) is 24.5 Å². The Morgan fingerprint density at radius 1 is 1.35 bits per heavy atom. The van der Waals surface area contributed by atoms with Crippen LogP contribution in [0.3, 0.4) is 0 Å². The highest BCUT2D eigenvalue weighted by molar-refractivity contribution is 5.63. The standard InChI is InChI=1S/C17H20F3N3/c1-11-7-12(9-21)3-4-13(11)14-10-23-6-5-16(2,17(18,19)20)8-15(23)22-14/h3-4,7,10H,5-6,8-9,21H2,1-2H3. The molecule has 1 aromatic carbocycles. The zero-order chi connectivity index (χ0) is 16.8. The molecule has 3 rings (SSSR count). The number of hydrogen-bond donors (Lipinski definition) is 1. The van der Waals surface area contributed by atoms with E-state index in [4.69, 9.17) is 5.73 Å². The lowest BCUT2D eigenvalue weighted by Gasteiger charge is -2.35. The number of aromatic nitrogens is 2. The molecule has 1 unspecified atom stereocenters. The average Bonchev–Trinajstić information content (AvgIpc) is 2.88. The van der Waals surface area contributed by atoms with Gasteiger partial charge >= 0.3 is 6.18 Å². The number of hydrogen-bond acceptors (Lipinski definition) is 2. The van der Waals surface area contributed by atoms with Crippen molar-refractivity contribution in [1.82, 2.24) is 9.55 Å². The van der Waals surface area contributed by atoms with Crippen LogP contribution in [0.5, 0.6) is 0 Å². The summed E-state index contributed by atoms with van der Waals surface area (Å²) >= 11 is 0. The molecule has 0 saturated heterocycles. The summed E-state index contributed by atoms with van der Waals surface area (Å²) in [6.07, 6.45) is -2.33. The van der Waals surface area contributed by atoms with Crippen LogP contribution in [0.25, 0.3) is 11.3 Å². The van der Waals surface area contributed by atoms with E-state index < -0.39 is 11.6 Å². The molecule has 3 nitrogen and oxygen atoms in total. The molecule has 23 heavy (non-hydrogen) atoms. The molecule has 0 fully saturated rings. The van der Waals surface area contributed by atoms with Crippen LogP contribution in [-0.4, -0.2) is 15.7 Å². The number of benzene rings is 1. The average molecular weight is 323 g/mol. The van der Waals surface area contributed by atoms with Crippen LogP contribution in [0.2, 0.25) is 0 Å². The van der Waals surface area contributed by atoms with Gasteiger partial charge in [0.1, 0.15) is 5.82 Å². The summed E-state index contributed by atoms with van der Waals surface area (Å²) in [5, 5.41) is 0. The lowest BCUT2D eigenvalue weighted by molar-refractivity contribution is -0.224. The number of halogens is 3. The van der Waals surface area contributed by atoms with Crippen LogP contribution in [0.15, 0.2) is 24.4 Å². The maximum atomic E-state index is 13.2. The van der Waals surface area contributed by atoms with Crippen molar-refractivity contribution in [2.75, 3.05) is 0 Å². The van der Waals surface area contributed by atoms with Crippen LogP contribution < -0.4 is 5.73 Å². The molecule has 1 aliphatic heterocycles. The first-order chi connectivity index (χ1) is 10.7. The molecule has 0 saturated carbocycles. The van der Waals surface area contributed by atoms with E-state index in [-0.39, 0.29) is 12.8 Å². The molecule has 2 heterocycles. The predicted molar refractivity (Wildman–Crippen MR) is 82.8 cm³/mol. The molecule has 2 N–H and O–H groups in total. The van der Waals surface area contributed by atoms with Gasteiger partial charge in [0.2, 0.25) is 0 Å². The smallest absolute Gasteiger partial charge is 0.334 e. The van der Waals surface area contributed by atoms with Crippen molar-refractivity contribution < 1.29 is 13.2 Å². The molecule has 0 amide bonds. The highest BCUT2D eigenvalue weighted by Crippen LogP contribution is 2.46. The zero-order valence-corrected chi connectivity index (χ0v) is 13.2. The topological polar surface area (TPSA) is 43.8 Å². The fourth-order valence-corrected chi connectivity index (χ4v) is 3.11. The summed E-state index contributed by atoms with van der Waals surface area (Å²) in [5.41, 5.74) is 7.67. The largest absolute Gasteiger partial charge is 0.394 e. The second-order valence-electron chi connectivity index (χ2n) is 6.57. The van der Waals surface area contributed by atoms with E-state index in [1.807, 2.05) is 35.9 Å². The van der Waals surface area contributed by atoms with E-state index in [1.165, 1.54) is 6.92 Å². The molecule has 0 spiro atoms. The Kier molecular flexibility index (Phi) is 3.75. The van der Waals surface area contributed by atoms with Crippen molar-refractivity contribution >= 4 is 0 Å². The van der Waals surface area contributed by atoms with Gasteiger partial charge in [-0.3, -0.25) is 0 Å². The third-order valence-electron chi connectivity index (χ3n) is 4.80. The number of alkyl halides is 3. The van der Waals surface area contributed by atoms with Crippen LogP contribution in [0.4, 0.5) is 13.2 Å². The van der Waals surface area contributed by atoms with Crippen molar-refractivity contribution in [2.24, 2.45) is 11.1 Å². The van der Waals surface area contributed by atoms with Crippen molar-refractivity contribution in [2.45, 2.75) is 46.0 Å². The molecule has 0 bridgehead atoms. The SMILES string of the molecule is Cc1cc(CN)ccc1-c1cn2c(n1)CC(C)(C(F)(F)F)CC2. The summed E-state index contributed by atoms with van der Waals surface area (Å²) in [4.78, 5) is 4.48. The van der Waals surface area contributed by atoms with Gasteiger partial charge in [-0.15, -0.1) is 0 Å². The van der Waals surface area contributed by atoms with Gasteiger partial charge in [0, 0.05) is 31.3 Å². The van der Waals surface area contributed by atoms with Gasteiger partial charge in [0.15, 0.2) is 0 Å². The van der Waals surface area contributed by atoms with Crippen LogP contribution in [-0.2, 0) is 19.5 Å². The molecule has 1 atom stereocenters. The lowest BCUT2D eigenvalue weighted by Crippen LogP contribution is -2.41. The van der Waals surface area contributed by atoms with Crippen molar-refractivity contribution in [3.05, 3.63) is 41.3 Å². The number of fused-ring (bicyclic) bond motifs is 1. The highest BCUT2D eigenvalue weighted by Gasteiger charge is 2.52. The second kappa shape index (κ2) is 5.37. The molecule has 2 aromatic rings. The van der Waals surface area contributed by atoms with Gasteiger partial charge < -0.3 is 10.3 Å². The fourth-order valence-electron chi connectivity index (χ4n) is 3.11. The summed E-state index contributed by atoms with van der Waals surface area (Å²) in [6, 6.07) is 5.86. The number of aryl methyl sites for hydroxylation is 2. The van der Waals surface area contributed by atoms with E-state index in [9.17, 15) is 13.2 Å². The van der Waals surface area contributed by atoms with Gasteiger partial charge in [-0.2, -0.15) is 13.2 Å². The highest BCUT2D eigenvalue weighted by atomic mass is 19.4. The molecule has 1 aliphatic rings. The Hall–Kier alpha value is -1.82. The molecular formula is C17H20F3N3. The van der Waals surface area contributed by atoms with Crippen molar-refractivity contribution in [3.63, 3.8) is 0 Å². The lowest BCUT2D eigenvalue weighted by atomic mass is 9.80. The Morgan fingerprint density at radius 3 is 2.70 bits per heavy atom. The minimum atomic E-state index is -4.21. The first-order valence-electron chi connectivity index (χ1n) is 7.66. The van der Waals surface area contributed by atoms with E-state index >= 15 is 0 Å². The fraction of sp³-hybridized carbons (Fsp3) is 0.471. The van der Waals surface area contributed by atoms with Gasteiger partial charge in [0.25, 0.3) is 0 Å². The van der Waals surface area contributed by atoms with Crippen LogP contribution in [0.1, 0.15) is 30.3 Å². The summed E-state index contributed by atoms with van der Waals surface area (Å²) in [5.74, 6) is 0.508. The van der Waals surface area contributed by atoms with E-state index in [2.05, 4.69) is 4.98 Å². The quantitative estimate of drug-likeness (QED) is 0.913. The molecule has 6 heteroatoms. The maximum Gasteiger partial charge on any atom is 0.394 e. The second-order valence-corrected chi connectivity index (χ2v) is 6.57. The van der Waals surface area contributed by atoms with Gasteiger partial charge in [-0.1, -0.05) is 25.1 Å². The molecule has 124 valence electrons. The molecule has 1 aromatic heterocycles. The maximum absolute atomic E-state index is 13.2. The van der Waals surface area contributed by atoms with Crippen LogP contribution in [0, 0.1) is 12.3 Å². The summed E-state index contributed by atoms with van der Waals surface area (Å²) < 4.78 is 41.6. The predicted octanol–water partition coefficient (Wildman–Crippen LogP) is 3.83. The molecule has 0 aliphatic carbocycles. The third-order valence-corrected chi connectivity index (χ3v) is 4.80. The van der Waals surface area contributed by atoms with E-state index in [0.717, 1.165) is 22.4 Å². The van der Waals surface area contributed by atoms with E-state index in [1.54, 1.807) is 0 Å². The number of rotatable bonds is 2. The van der Waals surface area contributed by atoms with E-state index in [0.29, 0.717) is 18.9 Å². The third kappa shape index (κ3) is 2.76. The Morgan fingerprint density at radius 2 is 2.09 bits per heavy atom.